The fourth-order valence-electron chi connectivity index (χ4n) is 3.97. The molecule has 0 aromatic heterocycles. The van der Waals surface area contributed by atoms with Crippen LogP contribution < -0.4 is 0 Å². The smallest absolute Gasteiger partial charge is 0.236 e. The van der Waals surface area contributed by atoms with Crippen LogP contribution in [0, 0.1) is 11.7 Å². The number of hydrogen-bond donors (Lipinski definition) is 0. The van der Waals surface area contributed by atoms with Gasteiger partial charge in [-0.25, -0.2) is 4.39 Å². The molecule has 0 bridgehead atoms. The quantitative estimate of drug-likeness (QED) is 0.794. The Balaban J connectivity index is 1.42. The average molecular weight is 375 g/mol. The van der Waals surface area contributed by atoms with Gasteiger partial charge in [0.05, 0.1) is 6.54 Å². The van der Waals surface area contributed by atoms with Crippen molar-refractivity contribution in [3.63, 3.8) is 0 Å². The first-order valence-corrected chi connectivity index (χ1v) is 10.0. The first kappa shape index (κ1) is 19.8. The highest BCUT2D eigenvalue weighted by Gasteiger charge is 2.30. The Morgan fingerprint density at radius 1 is 1.04 bits per heavy atom. The number of piperidine rings is 2. The molecule has 1 aromatic rings. The van der Waals surface area contributed by atoms with Crippen LogP contribution in [0.2, 0.25) is 0 Å². The van der Waals surface area contributed by atoms with Crippen molar-refractivity contribution < 1.29 is 14.0 Å². The molecule has 0 unspecified atom stereocenters. The van der Waals surface area contributed by atoms with E-state index in [1.807, 2.05) is 4.90 Å². The van der Waals surface area contributed by atoms with Crippen LogP contribution in [0.15, 0.2) is 24.3 Å². The van der Waals surface area contributed by atoms with Gasteiger partial charge in [-0.05, 0) is 62.9 Å². The van der Waals surface area contributed by atoms with E-state index in [2.05, 4.69) is 4.90 Å². The van der Waals surface area contributed by atoms with Crippen molar-refractivity contribution in [1.29, 1.82) is 0 Å². The third-order valence-electron chi connectivity index (χ3n) is 5.72. The van der Waals surface area contributed by atoms with E-state index in [1.54, 1.807) is 24.1 Å². The molecule has 6 heteroatoms. The Bertz CT molecular complexity index is 635. The summed E-state index contributed by atoms with van der Waals surface area (Å²) >= 11 is 0. The van der Waals surface area contributed by atoms with Gasteiger partial charge in [-0.15, -0.1) is 0 Å². The predicted molar refractivity (Wildman–Crippen MR) is 102 cm³/mol. The Morgan fingerprint density at radius 2 is 1.67 bits per heavy atom. The van der Waals surface area contributed by atoms with Crippen LogP contribution in [0.5, 0.6) is 0 Å². The van der Waals surface area contributed by atoms with Crippen molar-refractivity contribution >= 4 is 11.8 Å². The SMILES string of the molecule is CN(Cc1ccc(F)cc1)C(=O)CN1CCC(C(=O)N2CCCCC2)CC1. The molecule has 0 N–H and O–H groups in total. The van der Waals surface area contributed by atoms with E-state index in [4.69, 9.17) is 0 Å². The first-order valence-electron chi connectivity index (χ1n) is 10.0. The molecule has 2 heterocycles. The minimum atomic E-state index is -0.269. The summed E-state index contributed by atoms with van der Waals surface area (Å²) in [6, 6.07) is 6.24. The number of rotatable bonds is 5. The maximum atomic E-state index is 13.0. The van der Waals surface area contributed by atoms with E-state index in [1.165, 1.54) is 18.6 Å². The van der Waals surface area contributed by atoms with Gasteiger partial charge in [0.25, 0.3) is 0 Å². The third kappa shape index (κ3) is 5.51. The number of likely N-dealkylation sites (N-methyl/N-ethyl adjacent to an activating group) is 1. The van der Waals surface area contributed by atoms with E-state index < -0.39 is 0 Å². The summed E-state index contributed by atoms with van der Waals surface area (Å²) in [6.07, 6.45) is 5.16. The molecule has 27 heavy (non-hydrogen) atoms. The second kappa shape index (κ2) is 9.31. The number of nitrogens with zero attached hydrogens (tertiary/aromatic N) is 3. The molecule has 0 spiro atoms. The summed E-state index contributed by atoms with van der Waals surface area (Å²) in [7, 11) is 1.78. The van der Waals surface area contributed by atoms with Crippen LogP contribution in [-0.4, -0.2) is 66.3 Å². The van der Waals surface area contributed by atoms with Gasteiger partial charge >= 0.3 is 0 Å². The summed E-state index contributed by atoms with van der Waals surface area (Å²) in [6.45, 7) is 4.25. The Kier molecular flexibility index (Phi) is 6.83. The summed E-state index contributed by atoms with van der Waals surface area (Å²) in [5, 5.41) is 0. The van der Waals surface area contributed by atoms with Crippen molar-refractivity contribution in [2.75, 3.05) is 39.8 Å². The Morgan fingerprint density at radius 3 is 2.30 bits per heavy atom. The lowest BCUT2D eigenvalue weighted by molar-refractivity contribution is -0.138. The van der Waals surface area contributed by atoms with Crippen molar-refractivity contribution in [1.82, 2.24) is 14.7 Å². The number of carbonyl (C=O) groups excluding carboxylic acids is 2. The van der Waals surface area contributed by atoms with Crippen LogP contribution in [-0.2, 0) is 16.1 Å². The zero-order valence-electron chi connectivity index (χ0n) is 16.2. The fraction of sp³-hybridized carbons (Fsp3) is 0.619. The highest BCUT2D eigenvalue weighted by Crippen LogP contribution is 2.22. The third-order valence-corrected chi connectivity index (χ3v) is 5.72. The number of benzene rings is 1. The minimum absolute atomic E-state index is 0.0557. The van der Waals surface area contributed by atoms with E-state index in [9.17, 15) is 14.0 Å². The number of carbonyl (C=O) groups is 2. The largest absolute Gasteiger partial charge is 0.342 e. The van der Waals surface area contributed by atoms with E-state index >= 15 is 0 Å². The molecule has 2 saturated heterocycles. The lowest BCUT2D eigenvalue weighted by Gasteiger charge is -2.35. The van der Waals surface area contributed by atoms with Gasteiger partial charge in [-0.3, -0.25) is 14.5 Å². The van der Waals surface area contributed by atoms with Crippen LogP contribution in [0.4, 0.5) is 4.39 Å². The van der Waals surface area contributed by atoms with Gasteiger partial charge in [-0.2, -0.15) is 0 Å². The topological polar surface area (TPSA) is 43.9 Å². The summed E-state index contributed by atoms with van der Waals surface area (Å²) in [4.78, 5) is 31.0. The standard InChI is InChI=1S/C21H30FN3O2/c1-23(15-17-5-7-19(22)8-6-17)20(26)16-24-13-9-18(10-14-24)21(27)25-11-3-2-4-12-25/h5-8,18H,2-4,9-16H2,1H3. The number of amides is 2. The Hall–Kier alpha value is -1.95. The van der Waals surface area contributed by atoms with E-state index in [0.29, 0.717) is 19.0 Å². The zero-order chi connectivity index (χ0) is 19.2. The molecule has 148 valence electrons. The maximum absolute atomic E-state index is 13.0. The van der Waals surface area contributed by atoms with E-state index in [0.717, 1.165) is 57.4 Å². The number of hydrogen-bond acceptors (Lipinski definition) is 3. The molecule has 2 aliphatic rings. The molecule has 0 atom stereocenters. The zero-order valence-corrected chi connectivity index (χ0v) is 16.2. The molecule has 5 nitrogen and oxygen atoms in total. The van der Waals surface area contributed by atoms with Crippen LogP contribution in [0.3, 0.4) is 0 Å². The van der Waals surface area contributed by atoms with Crippen LogP contribution in [0.1, 0.15) is 37.7 Å². The highest BCUT2D eigenvalue weighted by atomic mass is 19.1. The normalized spacial score (nSPS) is 19.1. The summed E-state index contributed by atoms with van der Waals surface area (Å²) in [5.41, 5.74) is 0.915. The molecule has 2 amide bonds. The van der Waals surface area contributed by atoms with Crippen molar-refractivity contribution in [2.24, 2.45) is 5.92 Å². The van der Waals surface area contributed by atoms with Crippen molar-refractivity contribution in [3.8, 4) is 0 Å². The number of likely N-dealkylation sites (tertiary alicyclic amines) is 2. The van der Waals surface area contributed by atoms with Gasteiger partial charge in [-0.1, -0.05) is 12.1 Å². The molecule has 1 aromatic carbocycles. The molecule has 0 radical (unpaired) electrons. The first-order chi connectivity index (χ1) is 13.0. The second-order valence-corrected chi connectivity index (χ2v) is 7.81. The van der Waals surface area contributed by atoms with Crippen LogP contribution >= 0.6 is 0 Å². The molecule has 2 fully saturated rings. The molecular formula is C21H30FN3O2. The van der Waals surface area contributed by atoms with Crippen molar-refractivity contribution in [3.05, 3.63) is 35.6 Å². The summed E-state index contributed by atoms with van der Waals surface area (Å²) < 4.78 is 13.0. The lowest BCUT2D eigenvalue weighted by atomic mass is 9.94. The van der Waals surface area contributed by atoms with Gasteiger partial charge in [0, 0.05) is 32.6 Å². The van der Waals surface area contributed by atoms with Gasteiger partial charge < -0.3 is 9.80 Å². The lowest BCUT2D eigenvalue weighted by Crippen LogP contribution is -2.46. The Labute approximate surface area is 161 Å². The monoisotopic (exact) mass is 375 g/mol. The summed E-state index contributed by atoms with van der Waals surface area (Å²) in [5.74, 6) is 0.218. The maximum Gasteiger partial charge on any atom is 0.236 e. The fourth-order valence-corrected chi connectivity index (χ4v) is 3.97. The van der Waals surface area contributed by atoms with E-state index in [-0.39, 0.29) is 17.6 Å². The van der Waals surface area contributed by atoms with Crippen molar-refractivity contribution in [2.45, 2.75) is 38.6 Å². The molecular weight excluding hydrogens is 345 g/mol. The number of halogens is 1. The molecule has 3 rings (SSSR count). The van der Waals surface area contributed by atoms with Crippen LogP contribution in [0.25, 0.3) is 0 Å². The predicted octanol–water partition coefficient (Wildman–Crippen LogP) is 2.51. The van der Waals surface area contributed by atoms with Gasteiger partial charge in [0.15, 0.2) is 0 Å². The average Bonchev–Trinajstić information content (AvgIpc) is 2.70. The molecule has 2 aliphatic heterocycles. The molecule has 0 aliphatic carbocycles. The van der Waals surface area contributed by atoms with Gasteiger partial charge in [0.2, 0.25) is 11.8 Å². The van der Waals surface area contributed by atoms with Gasteiger partial charge in [0.1, 0.15) is 5.82 Å². The highest BCUT2D eigenvalue weighted by molar-refractivity contribution is 5.79. The molecule has 0 saturated carbocycles. The minimum Gasteiger partial charge on any atom is -0.342 e. The second-order valence-electron chi connectivity index (χ2n) is 7.81.